The van der Waals surface area contributed by atoms with E-state index in [0.29, 0.717) is 12.1 Å². The molecule has 7 nitrogen and oxygen atoms in total. The van der Waals surface area contributed by atoms with Gasteiger partial charge in [-0.05, 0) is 24.1 Å². The van der Waals surface area contributed by atoms with Crippen LogP contribution in [0.4, 0.5) is 26.3 Å². The summed E-state index contributed by atoms with van der Waals surface area (Å²) in [6, 6.07) is 1.63. The van der Waals surface area contributed by atoms with Crippen LogP contribution in [0.1, 0.15) is 23.5 Å². The Balaban J connectivity index is 1.57. The van der Waals surface area contributed by atoms with E-state index in [1.807, 2.05) is 0 Å². The number of carbonyl (C=O) groups excluding carboxylic acids is 1. The molecular formula is C23H21F6N5O2. The molecule has 1 aromatic carbocycles. The van der Waals surface area contributed by atoms with Crippen LogP contribution in [0, 0.1) is 17.5 Å². The first-order chi connectivity index (χ1) is 17.0. The van der Waals surface area contributed by atoms with Crippen LogP contribution in [0.25, 0.3) is 11.3 Å². The summed E-state index contributed by atoms with van der Waals surface area (Å²) in [5, 5.41) is 0. The number of halogens is 6. The average molecular weight is 513 g/mol. The predicted octanol–water partition coefficient (Wildman–Crippen LogP) is 3.69. The van der Waals surface area contributed by atoms with Gasteiger partial charge in [-0.1, -0.05) is 0 Å². The Morgan fingerprint density at radius 1 is 1.17 bits per heavy atom. The number of nitrogens with zero attached hydrogens (tertiary/aromatic N) is 4. The lowest BCUT2D eigenvalue weighted by Crippen LogP contribution is -2.42. The highest BCUT2D eigenvalue weighted by Crippen LogP contribution is 2.38. The van der Waals surface area contributed by atoms with Gasteiger partial charge in [0, 0.05) is 44.0 Å². The quantitative estimate of drug-likeness (QED) is 0.402. The van der Waals surface area contributed by atoms with Crippen LogP contribution >= 0.6 is 0 Å². The van der Waals surface area contributed by atoms with Crippen molar-refractivity contribution in [2.75, 3.05) is 13.7 Å². The highest BCUT2D eigenvalue weighted by molar-refractivity contribution is 5.78. The number of carbonyl (C=O) groups is 1. The number of alkyl halides is 3. The average Bonchev–Trinajstić information content (AvgIpc) is 3.21. The number of rotatable bonds is 6. The molecule has 13 heteroatoms. The van der Waals surface area contributed by atoms with Crippen LogP contribution in [0.2, 0.25) is 0 Å². The Kier molecular flexibility index (Phi) is 6.94. The number of hydrogen-bond acceptors (Lipinski definition) is 5. The fourth-order valence-corrected chi connectivity index (χ4v) is 4.18. The molecule has 192 valence electrons. The lowest BCUT2D eigenvalue weighted by molar-refractivity contribution is -0.148. The fraction of sp³-hybridized carbons (Fsp3) is 0.348. The molecule has 2 N–H and O–H groups in total. The summed E-state index contributed by atoms with van der Waals surface area (Å²) in [7, 11) is 1.36. The summed E-state index contributed by atoms with van der Waals surface area (Å²) in [6.07, 6.45) is -2.51. The van der Waals surface area contributed by atoms with Crippen molar-refractivity contribution in [2.45, 2.75) is 38.1 Å². The van der Waals surface area contributed by atoms with Crippen LogP contribution in [-0.4, -0.2) is 45.0 Å². The van der Waals surface area contributed by atoms with E-state index < -0.39 is 41.4 Å². The number of hydrogen-bond donors (Lipinski definition) is 1. The van der Waals surface area contributed by atoms with Gasteiger partial charge in [0.05, 0.1) is 30.6 Å². The number of amides is 1. The molecule has 2 aromatic heterocycles. The summed E-state index contributed by atoms with van der Waals surface area (Å²) in [4.78, 5) is 22.0. The van der Waals surface area contributed by atoms with Gasteiger partial charge in [-0.15, -0.1) is 0 Å². The second-order valence-corrected chi connectivity index (χ2v) is 8.30. The molecule has 3 aromatic rings. The van der Waals surface area contributed by atoms with E-state index in [1.165, 1.54) is 30.5 Å². The van der Waals surface area contributed by atoms with E-state index in [4.69, 9.17) is 10.5 Å². The molecule has 0 fully saturated rings. The third kappa shape index (κ3) is 5.01. The highest BCUT2D eigenvalue weighted by atomic mass is 19.4. The standard InChI is InChI=1S/C23H21F6N5O2/c1-36-19-2-3-31-10-14(19)21-18-11-33(4-5-34(18)22(32-21)23(27,28)29)20(35)8-13(30)6-12-7-16(25)17(26)9-15(12)24/h2-3,7,9-10,13H,4-6,8,11,30H2,1H3. The van der Waals surface area contributed by atoms with Gasteiger partial charge in [-0.25, -0.2) is 18.2 Å². The number of benzene rings is 1. The molecule has 1 aliphatic heterocycles. The SMILES string of the molecule is COc1ccncc1-c1nc(C(F)(F)F)n2c1CN(C(=O)CC(N)Cc1cc(F)c(F)cc1F)CC2. The van der Waals surface area contributed by atoms with E-state index in [9.17, 15) is 31.1 Å². The largest absolute Gasteiger partial charge is 0.496 e. The third-order valence-electron chi connectivity index (χ3n) is 5.88. The number of methoxy groups -OCH3 is 1. The maximum Gasteiger partial charge on any atom is 0.449 e. The topological polar surface area (TPSA) is 86.3 Å². The molecule has 0 aliphatic carbocycles. The number of fused-ring (bicyclic) bond motifs is 1. The molecule has 0 radical (unpaired) electrons. The van der Waals surface area contributed by atoms with Gasteiger partial charge < -0.3 is 19.9 Å². The summed E-state index contributed by atoms with van der Waals surface area (Å²) < 4.78 is 87.9. The zero-order valence-electron chi connectivity index (χ0n) is 19.0. The second kappa shape index (κ2) is 9.80. The minimum absolute atomic E-state index is 0.0158. The van der Waals surface area contributed by atoms with E-state index in [0.717, 1.165) is 4.57 Å². The number of aromatic nitrogens is 3. The van der Waals surface area contributed by atoms with Gasteiger partial charge in [0.2, 0.25) is 11.7 Å². The van der Waals surface area contributed by atoms with Gasteiger partial charge in [0.1, 0.15) is 11.6 Å². The van der Waals surface area contributed by atoms with E-state index in [-0.39, 0.29) is 60.7 Å². The minimum Gasteiger partial charge on any atom is -0.496 e. The Morgan fingerprint density at radius 3 is 2.58 bits per heavy atom. The lowest BCUT2D eigenvalue weighted by Gasteiger charge is -2.30. The molecule has 0 bridgehead atoms. The molecule has 1 aliphatic rings. The van der Waals surface area contributed by atoms with Gasteiger partial charge in [0.25, 0.3) is 0 Å². The maximum atomic E-state index is 13.9. The summed E-state index contributed by atoms with van der Waals surface area (Å²) in [5.74, 6) is -4.91. The van der Waals surface area contributed by atoms with Gasteiger partial charge in [-0.3, -0.25) is 9.78 Å². The first-order valence-corrected chi connectivity index (χ1v) is 10.8. The van der Waals surface area contributed by atoms with E-state index in [1.54, 1.807) is 0 Å². The molecule has 3 heterocycles. The molecule has 1 unspecified atom stereocenters. The van der Waals surface area contributed by atoms with Crippen LogP contribution in [0.3, 0.4) is 0 Å². The van der Waals surface area contributed by atoms with E-state index in [2.05, 4.69) is 9.97 Å². The van der Waals surface area contributed by atoms with Crippen LogP contribution < -0.4 is 10.5 Å². The lowest BCUT2D eigenvalue weighted by atomic mass is 10.0. The van der Waals surface area contributed by atoms with Gasteiger partial charge in [0.15, 0.2) is 11.6 Å². The minimum atomic E-state index is -4.73. The third-order valence-corrected chi connectivity index (χ3v) is 5.88. The zero-order valence-corrected chi connectivity index (χ0v) is 19.0. The predicted molar refractivity (Wildman–Crippen MR) is 115 cm³/mol. The van der Waals surface area contributed by atoms with Crippen molar-refractivity contribution in [3.05, 3.63) is 65.1 Å². The molecule has 1 amide bonds. The van der Waals surface area contributed by atoms with Gasteiger partial charge in [-0.2, -0.15) is 13.2 Å². The smallest absolute Gasteiger partial charge is 0.449 e. The van der Waals surface area contributed by atoms with Crippen molar-refractivity contribution in [1.82, 2.24) is 19.4 Å². The van der Waals surface area contributed by atoms with Crippen molar-refractivity contribution in [1.29, 1.82) is 0 Å². The molecule has 36 heavy (non-hydrogen) atoms. The van der Waals surface area contributed by atoms with Crippen molar-refractivity contribution in [3.8, 4) is 17.0 Å². The summed E-state index contributed by atoms with van der Waals surface area (Å²) in [6.45, 7) is -0.402. The highest BCUT2D eigenvalue weighted by Gasteiger charge is 2.41. The molecule has 1 atom stereocenters. The number of imidazole rings is 1. The summed E-state index contributed by atoms with van der Waals surface area (Å²) >= 11 is 0. The molecular weight excluding hydrogens is 492 g/mol. The van der Waals surface area contributed by atoms with Crippen molar-refractivity contribution >= 4 is 5.91 Å². The molecule has 0 spiro atoms. The Morgan fingerprint density at radius 2 is 1.89 bits per heavy atom. The Labute approximate surface area is 201 Å². The van der Waals surface area contributed by atoms with Crippen molar-refractivity contribution in [3.63, 3.8) is 0 Å². The van der Waals surface area contributed by atoms with E-state index >= 15 is 0 Å². The molecule has 0 saturated heterocycles. The van der Waals surface area contributed by atoms with Crippen molar-refractivity contribution < 1.29 is 35.9 Å². The normalized spacial score (nSPS) is 14.5. The molecule has 4 rings (SSSR count). The first-order valence-electron chi connectivity index (χ1n) is 10.8. The second-order valence-electron chi connectivity index (χ2n) is 8.30. The fourth-order valence-electron chi connectivity index (χ4n) is 4.18. The monoisotopic (exact) mass is 513 g/mol. The molecule has 0 saturated carbocycles. The number of pyridine rings is 1. The van der Waals surface area contributed by atoms with Crippen LogP contribution in [0.15, 0.2) is 30.6 Å². The summed E-state index contributed by atoms with van der Waals surface area (Å²) in [5.41, 5.74) is 6.14. The van der Waals surface area contributed by atoms with Crippen LogP contribution in [-0.2, 0) is 30.5 Å². The van der Waals surface area contributed by atoms with Gasteiger partial charge >= 0.3 is 6.18 Å². The van der Waals surface area contributed by atoms with Crippen LogP contribution in [0.5, 0.6) is 5.75 Å². The zero-order chi connectivity index (χ0) is 26.2. The number of nitrogens with two attached hydrogens (primary N) is 1. The Hall–Kier alpha value is -3.61. The maximum absolute atomic E-state index is 13.9. The Bertz CT molecular complexity index is 1290. The first kappa shape index (κ1) is 25.5. The van der Waals surface area contributed by atoms with Crippen molar-refractivity contribution in [2.24, 2.45) is 5.73 Å². The number of ether oxygens (including phenoxy) is 1.